The summed E-state index contributed by atoms with van der Waals surface area (Å²) in [6.45, 7) is 3.93. The molecular weight excluding hydrogens is 365 g/mol. The Bertz CT molecular complexity index is 981. The average Bonchev–Trinajstić information content (AvgIpc) is 2.93. The van der Waals surface area contributed by atoms with Crippen molar-refractivity contribution in [1.82, 2.24) is 14.2 Å². The second-order valence-corrected chi connectivity index (χ2v) is 6.67. The molecule has 0 radical (unpaired) electrons. The van der Waals surface area contributed by atoms with Crippen LogP contribution in [0.3, 0.4) is 0 Å². The summed E-state index contributed by atoms with van der Waals surface area (Å²) >= 11 is 11.9. The number of aromatic nitrogens is 3. The van der Waals surface area contributed by atoms with Crippen molar-refractivity contribution in [3.8, 4) is 5.75 Å². The second-order valence-electron chi connectivity index (χ2n) is 5.83. The van der Waals surface area contributed by atoms with Gasteiger partial charge in [-0.15, -0.1) is 0 Å². The van der Waals surface area contributed by atoms with Crippen LogP contribution in [0.2, 0.25) is 10.0 Å². The Kier molecular flexibility index (Phi) is 5.03. The fourth-order valence-corrected chi connectivity index (χ4v) is 3.08. The normalized spacial score (nSPS) is 12.5. The quantitative estimate of drug-likeness (QED) is 0.737. The number of aliphatic hydroxyl groups is 1. The van der Waals surface area contributed by atoms with Crippen LogP contribution < -0.4 is 10.3 Å². The SMILES string of the molecule is Cc1cc2n(C[C@@H](O)COc3ccc(Cl)cc3Cl)c(C)cc(=O)n2n1. The van der Waals surface area contributed by atoms with Crippen molar-refractivity contribution < 1.29 is 9.84 Å². The van der Waals surface area contributed by atoms with Crippen molar-refractivity contribution in [2.45, 2.75) is 26.5 Å². The van der Waals surface area contributed by atoms with Crippen LogP contribution in [0.5, 0.6) is 5.75 Å². The van der Waals surface area contributed by atoms with Crippen molar-refractivity contribution in [2.24, 2.45) is 0 Å². The standard InChI is InChI=1S/C17H17Cl2N3O3/c1-10-5-16-21(11(2)6-17(24)22(16)20-10)8-13(23)9-25-15-4-3-12(18)7-14(15)19/h3-7,13,23H,8-9H2,1-2H3/t13-/m1/s1. The predicted octanol–water partition coefficient (Wildman–Crippen LogP) is 2.86. The summed E-state index contributed by atoms with van der Waals surface area (Å²) in [4.78, 5) is 12.0. The van der Waals surface area contributed by atoms with Crippen LogP contribution in [-0.2, 0) is 6.54 Å². The number of hydrogen-bond acceptors (Lipinski definition) is 4. The van der Waals surface area contributed by atoms with Crippen LogP contribution in [0.25, 0.3) is 5.65 Å². The third kappa shape index (κ3) is 3.81. The van der Waals surface area contributed by atoms with Crippen molar-refractivity contribution in [1.29, 1.82) is 0 Å². The van der Waals surface area contributed by atoms with Crippen LogP contribution >= 0.6 is 23.2 Å². The highest BCUT2D eigenvalue weighted by Gasteiger charge is 2.14. The monoisotopic (exact) mass is 381 g/mol. The van der Waals surface area contributed by atoms with E-state index in [1.165, 1.54) is 10.6 Å². The van der Waals surface area contributed by atoms with Gasteiger partial charge in [0.1, 0.15) is 24.1 Å². The van der Waals surface area contributed by atoms with Crippen LogP contribution in [0.4, 0.5) is 0 Å². The van der Waals surface area contributed by atoms with Crippen LogP contribution in [0.1, 0.15) is 11.4 Å². The largest absolute Gasteiger partial charge is 0.489 e. The van der Waals surface area contributed by atoms with Crippen molar-refractivity contribution in [2.75, 3.05) is 6.61 Å². The Morgan fingerprint density at radius 2 is 2.00 bits per heavy atom. The number of benzene rings is 1. The zero-order valence-electron chi connectivity index (χ0n) is 13.7. The Morgan fingerprint density at radius 1 is 1.24 bits per heavy atom. The number of aryl methyl sites for hydroxylation is 2. The molecule has 25 heavy (non-hydrogen) atoms. The Balaban J connectivity index is 1.78. The Hall–Kier alpha value is -2.02. The maximum absolute atomic E-state index is 12.0. The van der Waals surface area contributed by atoms with E-state index in [4.69, 9.17) is 27.9 Å². The van der Waals surface area contributed by atoms with Crippen molar-refractivity contribution >= 4 is 28.8 Å². The molecule has 132 valence electrons. The minimum Gasteiger partial charge on any atom is -0.489 e. The van der Waals surface area contributed by atoms with E-state index in [0.29, 0.717) is 21.4 Å². The molecule has 2 heterocycles. The van der Waals surface area contributed by atoms with E-state index in [1.54, 1.807) is 24.3 Å². The van der Waals surface area contributed by atoms with Gasteiger partial charge in [-0.1, -0.05) is 23.2 Å². The van der Waals surface area contributed by atoms with Gasteiger partial charge in [0.05, 0.1) is 17.3 Å². The zero-order chi connectivity index (χ0) is 18.1. The summed E-state index contributed by atoms with van der Waals surface area (Å²) in [5.74, 6) is 0.451. The van der Waals surface area contributed by atoms with Crippen LogP contribution in [-0.4, -0.2) is 32.0 Å². The molecule has 0 unspecified atom stereocenters. The van der Waals surface area contributed by atoms with Gasteiger partial charge >= 0.3 is 0 Å². The topological polar surface area (TPSA) is 68.8 Å². The third-order valence-corrected chi connectivity index (χ3v) is 4.31. The lowest BCUT2D eigenvalue weighted by Crippen LogP contribution is -2.27. The van der Waals surface area contributed by atoms with Gasteiger partial charge in [-0.25, -0.2) is 0 Å². The Labute approximate surface area is 154 Å². The lowest BCUT2D eigenvalue weighted by atomic mass is 10.3. The fourth-order valence-electron chi connectivity index (χ4n) is 2.62. The molecule has 0 fully saturated rings. The van der Waals surface area contributed by atoms with E-state index in [0.717, 1.165) is 11.4 Å². The number of halogens is 2. The van der Waals surface area contributed by atoms with Gasteiger partial charge in [0.25, 0.3) is 5.56 Å². The van der Waals surface area contributed by atoms with Gasteiger partial charge in [-0.2, -0.15) is 9.61 Å². The first-order valence-corrected chi connectivity index (χ1v) is 8.43. The number of fused-ring (bicyclic) bond motifs is 1. The highest BCUT2D eigenvalue weighted by molar-refractivity contribution is 6.35. The molecule has 0 saturated heterocycles. The highest BCUT2D eigenvalue weighted by Crippen LogP contribution is 2.27. The van der Waals surface area contributed by atoms with Gasteiger partial charge < -0.3 is 14.4 Å². The van der Waals surface area contributed by atoms with E-state index in [1.807, 2.05) is 18.4 Å². The summed E-state index contributed by atoms with van der Waals surface area (Å²) < 4.78 is 8.73. The smallest absolute Gasteiger partial charge is 0.274 e. The van der Waals surface area contributed by atoms with E-state index >= 15 is 0 Å². The zero-order valence-corrected chi connectivity index (χ0v) is 15.3. The molecule has 2 aromatic heterocycles. The van der Waals surface area contributed by atoms with Gasteiger partial charge in [0, 0.05) is 22.8 Å². The van der Waals surface area contributed by atoms with Crippen molar-refractivity contribution in [3.05, 3.63) is 62.1 Å². The lowest BCUT2D eigenvalue weighted by Gasteiger charge is -2.18. The molecule has 0 saturated carbocycles. The third-order valence-electron chi connectivity index (χ3n) is 3.77. The first kappa shape index (κ1) is 17.8. The van der Waals surface area contributed by atoms with Gasteiger partial charge in [0.2, 0.25) is 0 Å². The predicted molar refractivity (Wildman–Crippen MR) is 96.9 cm³/mol. The molecule has 8 heteroatoms. The van der Waals surface area contributed by atoms with Crippen LogP contribution in [0.15, 0.2) is 35.1 Å². The lowest BCUT2D eigenvalue weighted by molar-refractivity contribution is 0.0927. The fraction of sp³-hybridized carbons (Fsp3) is 0.294. The maximum Gasteiger partial charge on any atom is 0.274 e. The minimum absolute atomic E-state index is 0.0478. The van der Waals surface area contributed by atoms with E-state index in [2.05, 4.69) is 5.10 Å². The molecule has 3 rings (SSSR count). The maximum atomic E-state index is 12.0. The molecule has 6 nitrogen and oxygen atoms in total. The number of hydrogen-bond donors (Lipinski definition) is 1. The van der Waals surface area contributed by atoms with Crippen molar-refractivity contribution in [3.63, 3.8) is 0 Å². The summed E-state index contributed by atoms with van der Waals surface area (Å²) in [6, 6.07) is 8.19. The van der Waals surface area contributed by atoms with E-state index in [-0.39, 0.29) is 18.7 Å². The summed E-state index contributed by atoms with van der Waals surface area (Å²) in [6.07, 6.45) is -0.799. The molecule has 0 aliphatic carbocycles. The molecule has 0 aliphatic rings. The molecule has 1 N–H and O–H groups in total. The average molecular weight is 382 g/mol. The van der Waals surface area contributed by atoms with Crippen LogP contribution in [0, 0.1) is 13.8 Å². The van der Waals surface area contributed by atoms with Gasteiger partial charge in [0.15, 0.2) is 0 Å². The molecule has 1 atom stereocenters. The molecule has 1 aromatic carbocycles. The van der Waals surface area contributed by atoms with E-state index in [9.17, 15) is 9.90 Å². The number of ether oxygens (including phenoxy) is 1. The summed E-state index contributed by atoms with van der Waals surface area (Å²) in [7, 11) is 0. The number of rotatable bonds is 5. The molecule has 0 bridgehead atoms. The molecular formula is C17H17Cl2N3O3. The highest BCUT2D eigenvalue weighted by atomic mass is 35.5. The molecule has 0 aliphatic heterocycles. The summed E-state index contributed by atoms with van der Waals surface area (Å²) in [5.41, 5.74) is 1.90. The minimum atomic E-state index is -0.799. The number of nitrogens with zero attached hydrogens (tertiary/aromatic N) is 3. The summed E-state index contributed by atoms with van der Waals surface area (Å²) in [5, 5.41) is 15.4. The second kappa shape index (κ2) is 7.07. The first-order chi connectivity index (χ1) is 11.8. The van der Waals surface area contributed by atoms with Gasteiger partial charge in [-0.3, -0.25) is 4.79 Å². The van der Waals surface area contributed by atoms with Gasteiger partial charge in [-0.05, 0) is 32.0 Å². The van der Waals surface area contributed by atoms with E-state index < -0.39 is 6.10 Å². The first-order valence-electron chi connectivity index (χ1n) is 7.68. The Morgan fingerprint density at radius 3 is 2.72 bits per heavy atom. The number of aliphatic hydroxyl groups excluding tert-OH is 1. The molecule has 3 aromatic rings. The molecule has 0 spiro atoms. The molecule has 0 amide bonds.